The van der Waals surface area contributed by atoms with Gasteiger partial charge in [0, 0.05) is 22.9 Å². The van der Waals surface area contributed by atoms with Crippen LogP contribution >= 0.6 is 0 Å². The van der Waals surface area contributed by atoms with E-state index in [1.54, 1.807) is 25.1 Å². The standard InChI is InChI=1S/C21H18F2N2O3S/c1-14(19-11-10-16(22)13-20(19)23)24-21(26)15-6-5-7-17(12-15)25-29(27,28)18-8-3-2-4-9-18/h2-14,25H,1H3,(H,24,26)/t14-/m1/s1. The van der Waals surface area contributed by atoms with E-state index in [1.165, 1.54) is 42.5 Å². The Bertz CT molecular complexity index is 1140. The molecular weight excluding hydrogens is 398 g/mol. The van der Waals surface area contributed by atoms with Gasteiger partial charge in [-0.15, -0.1) is 0 Å². The Balaban J connectivity index is 1.76. The van der Waals surface area contributed by atoms with Gasteiger partial charge >= 0.3 is 0 Å². The number of hydrogen-bond acceptors (Lipinski definition) is 3. The molecule has 0 heterocycles. The number of carbonyl (C=O) groups is 1. The third kappa shape index (κ3) is 4.97. The number of sulfonamides is 1. The summed E-state index contributed by atoms with van der Waals surface area (Å²) in [6.07, 6.45) is 0. The van der Waals surface area contributed by atoms with E-state index in [4.69, 9.17) is 0 Å². The molecule has 0 bridgehead atoms. The van der Waals surface area contributed by atoms with Gasteiger partial charge in [0.1, 0.15) is 11.6 Å². The molecule has 0 spiro atoms. The van der Waals surface area contributed by atoms with E-state index in [0.29, 0.717) is 0 Å². The average Bonchev–Trinajstić information content (AvgIpc) is 2.68. The van der Waals surface area contributed by atoms with Gasteiger partial charge in [-0.3, -0.25) is 9.52 Å². The molecule has 1 amide bonds. The lowest BCUT2D eigenvalue weighted by Gasteiger charge is -2.16. The lowest BCUT2D eigenvalue weighted by molar-refractivity contribution is 0.0939. The molecule has 0 fully saturated rings. The Hall–Kier alpha value is -3.26. The Morgan fingerprint density at radius 2 is 1.66 bits per heavy atom. The number of benzene rings is 3. The van der Waals surface area contributed by atoms with E-state index in [-0.39, 0.29) is 21.7 Å². The molecule has 150 valence electrons. The third-order valence-electron chi connectivity index (χ3n) is 4.21. The number of amides is 1. The maximum absolute atomic E-state index is 13.9. The fourth-order valence-corrected chi connectivity index (χ4v) is 3.82. The maximum Gasteiger partial charge on any atom is 0.261 e. The molecule has 0 aromatic heterocycles. The first kappa shape index (κ1) is 20.5. The summed E-state index contributed by atoms with van der Waals surface area (Å²) in [5.41, 5.74) is 0.537. The summed E-state index contributed by atoms with van der Waals surface area (Å²) in [5, 5.41) is 2.62. The summed E-state index contributed by atoms with van der Waals surface area (Å²) in [5.74, 6) is -1.99. The van der Waals surface area contributed by atoms with Crippen molar-refractivity contribution in [1.29, 1.82) is 0 Å². The Morgan fingerprint density at radius 1 is 0.931 bits per heavy atom. The average molecular weight is 416 g/mol. The number of halogens is 2. The van der Waals surface area contributed by atoms with E-state index in [1.807, 2.05) is 0 Å². The predicted octanol–water partition coefficient (Wildman–Crippen LogP) is 4.26. The predicted molar refractivity (Wildman–Crippen MR) is 106 cm³/mol. The second kappa shape index (κ2) is 8.40. The SMILES string of the molecule is C[C@@H](NC(=O)c1cccc(NS(=O)(=O)c2ccccc2)c1)c1ccc(F)cc1F. The van der Waals surface area contributed by atoms with Crippen molar-refractivity contribution < 1.29 is 22.0 Å². The molecular formula is C21H18F2N2O3S. The molecule has 2 N–H and O–H groups in total. The third-order valence-corrected chi connectivity index (χ3v) is 5.60. The zero-order valence-corrected chi connectivity index (χ0v) is 16.2. The van der Waals surface area contributed by atoms with Gasteiger partial charge < -0.3 is 5.32 Å². The van der Waals surface area contributed by atoms with Crippen molar-refractivity contribution >= 4 is 21.6 Å². The number of carbonyl (C=O) groups excluding carboxylic acids is 1. The molecule has 0 unspecified atom stereocenters. The van der Waals surface area contributed by atoms with Crippen molar-refractivity contribution in [3.8, 4) is 0 Å². The van der Waals surface area contributed by atoms with E-state index in [9.17, 15) is 22.0 Å². The van der Waals surface area contributed by atoms with Crippen LogP contribution in [0.25, 0.3) is 0 Å². The Morgan fingerprint density at radius 3 is 2.34 bits per heavy atom. The number of nitrogens with one attached hydrogen (secondary N) is 2. The molecule has 3 aromatic rings. The highest BCUT2D eigenvalue weighted by Crippen LogP contribution is 2.20. The summed E-state index contributed by atoms with van der Waals surface area (Å²) in [4.78, 5) is 12.6. The number of rotatable bonds is 6. The first-order valence-corrected chi connectivity index (χ1v) is 10.2. The minimum Gasteiger partial charge on any atom is -0.345 e. The molecule has 0 aliphatic carbocycles. The fraction of sp³-hybridized carbons (Fsp3) is 0.0952. The molecule has 29 heavy (non-hydrogen) atoms. The van der Waals surface area contributed by atoms with Crippen molar-refractivity contribution in [3.63, 3.8) is 0 Å². The van der Waals surface area contributed by atoms with Crippen LogP contribution in [-0.4, -0.2) is 14.3 Å². The van der Waals surface area contributed by atoms with Gasteiger partial charge in [-0.25, -0.2) is 17.2 Å². The van der Waals surface area contributed by atoms with E-state index < -0.39 is 33.6 Å². The van der Waals surface area contributed by atoms with Gasteiger partial charge in [-0.05, 0) is 43.3 Å². The molecule has 0 aliphatic rings. The van der Waals surface area contributed by atoms with Gasteiger partial charge in [0.15, 0.2) is 0 Å². The molecule has 3 rings (SSSR count). The van der Waals surface area contributed by atoms with Crippen molar-refractivity contribution in [2.24, 2.45) is 0 Å². The van der Waals surface area contributed by atoms with Gasteiger partial charge in [0.2, 0.25) is 0 Å². The summed E-state index contributed by atoms with van der Waals surface area (Å²) in [6.45, 7) is 1.57. The quantitative estimate of drug-likeness (QED) is 0.631. The summed E-state index contributed by atoms with van der Waals surface area (Å²) in [7, 11) is -3.80. The monoisotopic (exact) mass is 416 g/mol. The van der Waals surface area contributed by atoms with Gasteiger partial charge in [0.25, 0.3) is 15.9 Å². The first-order chi connectivity index (χ1) is 13.8. The Kier molecular flexibility index (Phi) is 5.93. The van der Waals surface area contributed by atoms with Crippen LogP contribution in [0.2, 0.25) is 0 Å². The minimum absolute atomic E-state index is 0.0928. The maximum atomic E-state index is 13.9. The summed E-state index contributed by atoms with van der Waals surface area (Å²) in [6, 6.07) is 16.2. The van der Waals surface area contributed by atoms with Gasteiger partial charge in [-0.1, -0.05) is 30.3 Å². The smallest absolute Gasteiger partial charge is 0.261 e. The van der Waals surface area contributed by atoms with Crippen LogP contribution < -0.4 is 10.0 Å². The zero-order valence-electron chi connectivity index (χ0n) is 15.4. The highest BCUT2D eigenvalue weighted by Gasteiger charge is 2.17. The van der Waals surface area contributed by atoms with Crippen molar-refractivity contribution in [2.45, 2.75) is 17.9 Å². The highest BCUT2D eigenvalue weighted by molar-refractivity contribution is 7.92. The van der Waals surface area contributed by atoms with Crippen LogP contribution in [0.15, 0.2) is 77.7 Å². The molecule has 5 nitrogen and oxygen atoms in total. The normalized spacial score (nSPS) is 12.2. The highest BCUT2D eigenvalue weighted by atomic mass is 32.2. The second-order valence-corrected chi connectivity index (χ2v) is 8.04. The van der Waals surface area contributed by atoms with Crippen LogP contribution in [0.5, 0.6) is 0 Å². The topological polar surface area (TPSA) is 75.3 Å². The fourth-order valence-electron chi connectivity index (χ4n) is 2.75. The Labute approximate surface area is 167 Å². The molecule has 8 heteroatoms. The van der Waals surface area contributed by atoms with Crippen LogP contribution in [0.4, 0.5) is 14.5 Å². The van der Waals surface area contributed by atoms with Crippen molar-refractivity contribution in [1.82, 2.24) is 5.32 Å². The molecule has 0 saturated carbocycles. The lowest BCUT2D eigenvalue weighted by Crippen LogP contribution is -2.27. The van der Waals surface area contributed by atoms with E-state index >= 15 is 0 Å². The largest absolute Gasteiger partial charge is 0.345 e. The van der Waals surface area contributed by atoms with E-state index in [2.05, 4.69) is 10.0 Å². The molecule has 3 aromatic carbocycles. The molecule has 1 atom stereocenters. The first-order valence-electron chi connectivity index (χ1n) is 8.70. The van der Waals surface area contributed by atoms with Crippen LogP contribution in [0, 0.1) is 11.6 Å². The second-order valence-electron chi connectivity index (χ2n) is 6.36. The summed E-state index contributed by atoms with van der Waals surface area (Å²) >= 11 is 0. The van der Waals surface area contributed by atoms with Gasteiger partial charge in [-0.2, -0.15) is 0 Å². The van der Waals surface area contributed by atoms with Crippen LogP contribution in [0.3, 0.4) is 0 Å². The minimum atomic E-state index is -3.80. The van der Waals surface area contributed by atoms with Gasteiger partial charge in [0.05, 0.1) is 10.9 Å². The van der Waals surface area contributed by atoms with E-state index in [0.717, 1.165) is 12.1 Å². The molecule has 0 saturated heterocycles. The lowest BCUT2D eigenvalue weighted by atomic mass is 10.1. The molecule has 0 radical (unpaired) electrons. The molecule has 0 aliphatic heterocycles. The van der Waals surface area contributed by atoms with Crippen LogP contribution in [0.1, 0.15) is 28.9 Å². The van der Waals surface area contributed by atoms with Crippen molar-refractivity contribution in [3.05, 3.63) is 95.6 Å². The summed E-state index contributed by atoms with van der Waals surface area (Å²) < 4.78 is 54.2. The number of anilines is 1. The van der Waals surface area contributed by atoms with Crippen LogP contribution in [-0.2, 0) is 10.0 Å². The number of hydrogen-bond donors (Lipinski definition) is 2. The zero-order chi connectivity index (χ0) is 21.0. The van der Waals surface area contributed by atoms with Crippen molar-refractivity contribution in [2.75, 3.05) is 4.72 Å².